The molecule has 19 heavy (non-hydrogen) atoms. The van der Waals surface area contributed by atoms with Crippen LogP contribution in [0.15, 0.2) is 11.4 Å². The number of nitrogens with two attached hydrogens (primary N) is 1. The third-order valence-electron chi connectivity index (χ3n) is 3.36. The maximum absolute atomic E-state index is 12.0. The van der Waals surface area contributed by atoms with Gasteiger partial charge in [-0.25, -0.2) is 0 Å². The summed E-state index contributed by atoms with van der Waals surface area (Å²) in [4.78, 5) is 26.3. The lowest BCUT2D eigenvalue weighted by Gasteiger charge is -2.12. The van der Waals surface area contributed by atoms with Gasteiger partial charge in [-0.3, -0.25) is 14.5 Å². The third kappa shape index (κ3) is 2.70. The van der Waals surface area contributed by atoms with Crippen molar-refractivity contribution in [3.8, 4) is 11.8 Å². The topological polar surface area (TPSA) is 63.4 Å². The molecule has 0 radical (unpaired) electrons. The fourth-order valence-corrected chi connectivity index (χ4v) is 2.83. The van der Waals surface area contributed by atoms with Crippen molar-refractivity contribution in [2.75, 3.05) is 6.54 Å². The van der Waals surface area contributed by atoms with Gasteiger partial charge in [-0.1, -0.05) is 25.7 Å². The van der Waals surface area contributed by atoms with Gasteiger partial charge < -0.3 is 5.73 Å². The minimum Gasteiger partial charge on any atom is -0.320 e. The fraction of sp³-hybridized carbons (Fsp3) is 0.429. The summed E-state index contributed by atoms with van der Waals surface area (Å²) in [6.45, 7) is 4.28. The maximum atomic E-state index is 12.0. The standard InChI is InChI=1S/C14H16N2O2S/c1-9-10(2)14(18)16(13(9)17)7-12-6-11(8-19-12)4-3-5-15/h6,8-10H,5,7,15H2,1-2H3. The molecule has 2 unspecified atom stereocenters. The van der Waals surface area contributed by atoms with Crippen LogP contribution in [0.1, 0.15) is 24.3 Å². The van der Waals surface area contributed by atoms with Crippen LogP contribution < -0.4 is 5.73 Å². The summed E-state index contributed by atoms with van der Waals surface area (Å²) in [5.41, 5.74) is 6.19. The molecule has 1 aromatic heterocycles. The predicted molar refractivity (Wildman–Crippen MR) is 74.1 cm³/mol. The minimum atomic E-state index is -0.219. The van der Waals surface area contributed by atoms with E-state index in [0.29, 0.717) is 13.1 Å². The highest BCUT2D eigenvalue weighted by molar-refractivity contribution is 7.10. The lowest BCUT2D eigenvalue weighted by atomic mass is 10.00. The van der Waals surface area contributed by atoms with E-state index in [1.54, 1.807) is 13.8 Å². The summed E-state index contributed by atoms with van der Waals surface area (Å²) in [5.74, 6) is 5.11. The molecule has 0 bridgehead atoms. The molecule has 1 aliphatic heterocycles. The highest BCUT2D eigenvalue weighted by Gasteiger charge is 2.42. The molecule has 2 rings (SSSR count). The van der Waals surface area contributed by atoms with Crippen LogP contribution in [0, 0.1) is 23.7 Å². The van der Waals surface area contributed by atoms with Crippen LogP contribution in [-0.2, 0) is 16.1 Å². The van der Waals surface area contributed by atoms with Crippen LogP contribution >= 0.6 is 11.3 Å². The molecule has 1 aliphatic rings. The van der Waals surface area contributed by atoms with Crippen molar-refractivity contribution < 1.29 is 9.59 Å². The SMILES string of the molecule is CC1C(=O)N(Cc2cc(C#CCN)cs2)C(=O)C1C. The summed E-state index contributed by atoms with van der Waals surface area (Å²) in [6.07, 6.45) is 0. The Bertz CT molecular complexity index is 547. The molecular weight excluding hydrogens is 260 g/mol. The number of rotatable bonds is 2. The summed E-state index contributed by atoms with van der Waals surface area (Å²) in [6, 6.07) is 1.90. The fourth-order valence-electron chi connectivity index (χ4n) is 2.02. The van der Waals surface area contributed by atoms with Crippen molar-refractivity contribution in [1.82, 2.24) is 4.90 Å². The zero-order valence-electron chi connectivity index (χ0n) is 11.0. The summed E-state index contributed by atoms with van der Waals surface area (Å²) >= 11 is 1.50. The maximum Gasteiger partial charge on any atom is 0.233 e. The third-order valence-corrected chi connectivity index (χ3v) is 4.29. The van der Waals surface area contributed by atoms with E-state index in [-0.39, 0.29) is 23.7 Å². The molecular formula is C14H16N2O2S. The number of carbonyl (C=O) groups excluding carboxylic acids is 2. The Labute approximate surface area is 116 Å². The number of hydrogen-bond donors (Lipinski definition) is 1. The molecule has 2 N–H and O–H groups in total. The first-order valence-corrected chi connectivity index (χ1v) is 7.04. The van der Waals surface area contributed by atoms with Crippen molar-refractivity contribution >= 4 is 23.2 Å². The van der Waals surface area contributed by atoms with E-state index in [4.69, 9.17) is 5.73 Å². The average molecular weight is 276 g/mol. The molecule has 0 aliphatic carbocycles. The number of likely N-dealkylation sites (tertiary alicyclic amines) is 1. The van der Waals surface area contributed by atoms with Crippen LogP contribution in [0.3, 0.4) is 0 Å². The molecule has 2 atom stereocenters. The van der Waals surface area contributed by atoms with Gasteiger partial charge in [0.2, 0.25) is 11.8 Å². The van der Waals surface area contributed by atoms with Gasteiger partial charge in [0, 0.05) is 27.7 Å². The van der Waals surface area contributed by atoms with Gasteiger partial charge >= 0.3 is 0 Å². The van der Waals surface area contributed by atoms with E-state index < -0.39 is 0 Å². The first-order chi connectivity index (χ1) is 9.04. The number of nitrogens with zero attached hydrogens (tertiary/aromatic N) is 1. The Hall–Kier alpha value is -1.64. The van der Waals surface area contributed by atoms with E-state index in [1.807, 2.05) is 11.4 Å². The lowest BCUT2D eigenvalue weighted by molar-refractivity contribution is -0.140. The zero-order chi connectivity index (χ0) is 14.0. The van der Waals surface area contributed by atoms with E-state index in [9.17, 15) is 9.59 Å². The predicted octanol–water partition coefficient (Wildman–Crippen LogP) is 1.20. The largest absolute Gasteiger partial charge is 0.320 e. The van der Waals surface area contributed by atoms with Gasteiger partial charge in [-0.05, 0) is 6.07 Å². The number of carbonyl (C=O) groups is 2. The van der Waals surface area contributed by atoms with E-state index >= 15 is 0 Å². The van der Waals surface area contributed by atoms with Crippen molar-refractivity contribution in [1.29, 1.82) is 0 Å². The molecule has 100 valence electrons. The average Bonchev–Trinajstić information content (AvgIpc) is 2.92. The van der Waals surface area contributed by atoms with Crippen LogP contribution in [-0.4, -0.2) is 23.3 Å². The van der Waals surface area contributed by atoms with Crippen molar-refractivity contribution in [3.63, 3.8) is 0 Å². The summed E-state index contributed by atoms with van der Waals surface area (Å²) in [7, 11) is 0. The second kappa shape index (κ2) is 5.55. The molecule has 5 heteroatoms. The zero-order valence-corrected chi connectivity index (χ0v) is 11.8. The lowest BCUT2D eigenvalue weighted by Crippen LogP contribution is -2.29. The van der Waals surface area contributed by atoms with E-state index in [2.05, 4.69) is 11.8 Å². The second-order valence-corrected chi connectivity index (χ2v) is 5.64. The molecule has 0 spiro atoms. The van der Waals surface area contributed by atoms with Gasteiger partial charge in [0.25, 0.3) is 0 Å². The molecule has 1 saturated heterocycles. The quantitative estimate of drug-likeness (QED) is 0.652. The Kier molecular flexibility index (Phi) is 4.03. The summed E-state index contributed by atoms with van der Waals surface area (Å²) in [5, 5.41) is 1.91. The number of amides is 2. The Morgan fingerprint density at radius 1 is 1.32 bits per heavy atom. The van der Waals surface area contributed by atoms with Crippen LogP contribution in [0.4, 0.5) is 0 Å². The van der Waals surface area contributed by atoms with Gasteiger partial charge in [-0.15, -0.1) is 11.3 Å². The second-order valence-electron chi connectivity index (χ2n) is 4.65. The normalized spacial score (nSPS) is 22.6. The first kappa shape index (κ1) is 13.8. The number of imide groups is 1. The molecule has 2 heterocycles. The van der Waals surface area contributed by atoms with Gasteiger partial charge in [0.05, 0.1) is 13.1 Å². The minimum absolute atomic E-state index is 0.0829. The smallest absolute Gasteiger partial charge is 0.233 e. The van der Waals surface area contributed by atoms with Gasteiger partial charge in [-0.2, -0.15) is 0 Å². The van der Waals surface area contributed by atoms with Crippen LogP contribution in [0.5, 0.6) is 0 Å². The Morgan fingerprint density at radius 3 is 2.53 bits per heavy atom. The Morgan fingerprint density at radius 2 is 1.95 bits per heavy atom. The van der Waals surface area contributed by atoms with Gasteiger partial charge in [0.1, 0.15) is 0 Å². The Balaban J connectivity index is 2.11. The summed E-state index contributed by atoms with van der Waals surface area (Å²) < 4.78 is 0. The van der Waals surface area contributed by atoms with Gasteiger partial charge in [0.15, 0.2) is 0 Å². The van der Waals surface area contributed by atoms with E-state index in [0.717, 1.165) is 10.4 Å². The number of thiophene rings is 1. The van der Waals surface area contributed by atoms with Crippen molar-refractivity contribution in [3.05, 3.63) is 21.9 Å². The van der Waals surface area contributed by atoms with E-state index in [1.165, 1.54) is 16.2 Å². The van der Waals surface area contributed by atoms with Crippen LogP contribution in [0.2, 0.25) is 0 Å². The van der Waals surface area contributed by atoms with Crippen LogP contribution in [0.25, 0.3) is 0 Å². The highest BCUT2D eigenvalue weighted by Crippen LogP contribution is 2.28. The highest BCUT2D eigenvalue weighted by atomic mass is 32.1. The molecule has 0 saturated carbocycles. The number of hydrogen-bond acceptors (Lipinski definition) is 4. The monoisotopic (exact) mass is 276 g/mol. The van der Waals surface area contributed by atoms with Crippen molar-refractivity contribution in [2.45, 2.75) is 20.4 Å². The first-order valence-electron chi connectivity index (χ1n) is 6.16. The molecule has 4 nitrogen and oxygen atoms in total. The molecule has 0 aromatic carbocycles. The molecule has 2 amide bonds. The van der Waals surface area contributed by atoms with Crippen molar-refractivity contribution in [2.24, 2.45) is 17.6 Å². The molecule has 1 aromatic rings. The molecule has 1 fully saturated rings.